The Labute approximate surface area is 135 Å². The number of anilines is 1. The highest BCUT2D eigenvalue weighted by Gasteiger charge is 2.22. The van der Waals surface area contributed by atoms with Gasteiger partial charge in [-0.15, -0.1) is 11.8 Å². The van der Waals surface area contributed by atoms with Gasteiger partial charge in [0.15, 0.2) is 0 Å². The second kappa shape index (κ2) is 9.48. The number of hydrogen-bond acceptors (Lipinski definition) is 4. The number of amides is 1. The summed E-state index contributed by atoms with van der Waals surface area (Å²) in [6.07, 6.45) is 2.97. The van der Waals surface area contributed by atoms with E-state index in [0.717, 1.165) is 17.0 Å². The fraction of sp³-hybridized carbons (Fsp3) is 0.500. The predicted octanol–water partition coefficient (Wildman–Crippen LogP) is 2.83. The van der Waals surface area contributed by atoms with Crippen LogP contribution in [0.15, 0.2) is 29.2 Å². The van der Waals surface area contributed by atoms with E-state index >= 15 is 0 Å². The average molecular weight is 324 g/mol. The largest absolute Gasteiger partial charge is 0.480 e. The van der Waals surface area contributed by atoms with Gasteiger partial charge in [0, 0.05) is 17.9 Å². The van der Waals surface area contributed by atoms with Gasteiger partial charge in [-0.2, -0.15) is 0 Å². The van der Waals surface area contributed by atoms with Gasteiger partial charge in [0.2, 0.25) is 5.91 Å². The molecule has 6 heteroatoms. The average Bonchev–Trinajstić information content (AvgIpc) is 2.51. The molecule has 0 aliphatic carbocycles. The van der Waals surface area contributed by atoms with Crippen molar-refractivity contribution in [2.75, 3.05) is 18.1 Å². The van der Waals surface area contributed by atoms with Crippen LogP contribution in [0, 0.1) is 5.92 Å². The van der Waals surface area contributed by atoms with Gasteiger partial charge in [0.25, 0.3) is 0 Å². The Morgan fingerprint density at radius 2 is 2.00 bits per heavy atom. The number of carboxylic acid groups (broad SMARTS) is 1. The van der Waals surface area contributed by atoms with E-state index in [4.69, 9.17) is 0 Å². The molecule has 1 amide bonds. The van der Waals surface area contributed by atoms with Crippen LogP contribution in [0.5, 0.6) is 0 Å². The van der Waals surface area contributed by atoms with E-state index in [-0.39, 0.29) is 18.2 Å². The molecule has 0 radical (unpaired) electrons. The maximum Gasteiger partial charge on any atom is 0.320 e. The first-order chi connectivity index (χ1) is 10.5. The molecule has 3 N–H and O–H groups in total. The maximum atomic E-state index is 12.0. The third-order valence-corrected chi connectivity index (χ3v) is 4.37. The van der Waals surface area contributed by atoms with Crippen LogP contribution in [0.3, 0.4) is 0 Å². The summed E-state index contributed by atoms with van der Waals surface area (Å²) in [6.45, 7) is 4.18. The molecule has 0 heterocycles. The minimum Gasteiger partial charge on any atom is -0.480 e. The van der Waals surface area contributed by atoms with E-state index in [1.54, 1.807) is 11.8 Å². The molecule has 0 fully saturated rings. The van der Waals surface area contributed by atoms with Crippen molar-refractivity contribution in [3.63, 3.8) is 0 Å². The fourth-order valence-electron chi connectivity index (χ4n) is 2.07. The lowest BCUT2D eigenvalue weighted by atomic mass is 9.99. The zero-order chi connectivity index (χ0) is 16.5. The molecule has 1 aromatic carbocycles. The molecule has 1 rings (SSSR count). The molecule has 5 nitrogen and oxygen atoms in total. The zero-order valence-corrected chi connectivity index (χ0v) is 14.1. The minimum absolute atomic E-state index is 0.0257. The van der Waals surface area contributed by atoms with Gasteiger partial charge in [-0.05, 0) is 24.3 Å². The molecular formula is C16H24N2O3S. The fourth-order valence-corrected chi connectivity index (χ4v) is 2.62. The third kappa shape index (κ3) is 5.69. The van der Waals surface area contributed by atoms with Crippen molar-refractivity contribution in [3.8, 4) is 0 Å². The molecule has 0 aromatic heterocycles. The van der Waals surface area contributed by atoms with Gasteiger partial charge < -0.3 is 15.7 Å². The number of carbonyl (C=O) groups is 2. The summed E-state index contributed by atoms with van der Waals surface area (Å²) in [5.74, 6) is -0.970. The van der Waals surface area contributed by atoms with Crippen LogP contribution in [0.25, 0.3) is 0 Å². The number of nitrogens with one attached hydrogen (secondary N) is 2. The van der Waals surface area contributed by atoms with Crippen molar-refractivity contribution >= 4 is 29.3 Å². The Kier molecular flexibility index (Phi) is 7.98. The van der Waals surface area contributed by atoms with Gasteiger partial charge in [-0.3, -0.25) is 9.59 Å². The molecule has 0 saturated carbocycles. The molecular weight excluding hydrogens is 300 g/mol. The van der Waals surface area contributed by atoms with Crippen LogP contribution in [0.4, 0.5) is 5.69 Å². The van der Waals surface area contributed by atoms with Gasteiger partial charge in [0.1, 0.15) is 6.04 Å². The quantitative estimate of drug-likeness (QED) is 0.609. The number of benzene rings is 1. The maximum absolute atomic E-state index is 12.0. The molecule has 0 aliphatic rings. The van der Waals surface area contributed by atoms with E-state index in [0.29, 0.717) is 6.54 Å². The van der Waals surface area contributed by atoms with E-state index < -0.39 is 12.0 Å². The Bertz CT molecular complexity index is 508. The molecule has 0 spiro atoms. The number of aliphatic carboxylic acids is 1. The van der Waals surface area contributed by atoms with Crippen LogP contribution in [0.1, 0.15) is 26.7 Å². The summed E-state index contributed by atoms with van der Waals surface area (Å²) in [6, 6.07) is 6.98. The lowest BCUT2D eigenvalue weighted by molar-refractivity contribution is -0.141. The summed E-state index contributed by atoms with van der Waals surface area (Å²) < 4.78 is 0. The lowest BCUT2D eigenvalue weighted by Crippen LogP contribution is -2.42. The van der Waals surface area contributed by atoms with E-state index in [2.05, 4.69) is 10.6 Å². The molecule has 0 saturated heterocycles. The van der Waals surface area contributed by atoms with E-state index in [1.165, 1.54) is 0 Å². The van der Waals surface area contributed by atoms with Crippen molar-refractivity contribution in [2.45, 2.75) is 37.6 Å². The molecule has 0 aliphatic heterocycles. The summed E-state index contributed by atoms with van der Waals surface area (Å²) >= 11 is 1.57. The zero-order valence-electron chi connectivity index (χ0n) is 13.3. The molecule has 2 atom stereocenters. The van der Waals surface area contributed by atoms with Gasteiger partial charge in [0.05, 0.1) is 5.69 Å². The number of carboxylic acids is 1. The highest BCUT2D eigenvalue weighted by Crippen LogP contribution is 2.24. The summed E-state index contributed by atoms with van der Waals surface area (Å²) in [4.78, 5) is 24.2. The molecule has 0 unspecified atom stereocenters. The summed E-state index contributed by atoms with van der Waals surface area (Å²) in [5, 5.41) is 15.0. The van der Waals surface area contributed by atoms with Crippen molar-refractivity contribution in [1.82, 2.24) is 5.32 Å². The minimum atomic E-state index is -0.873. The third-order valence-electron chi connectivity index (χ3n) is 3.58. The Hall–Kier alpha value is -1.53. The van der Waals surface area contributed by atoms with Gasteiger partial charge in [-0.1, -0.05) is 32.4 Å². The molecule has 1 aromatic rings. The van der Waals surface area contributed by atoms with Crippen LogP contribution in [-0.2, 0) is 9.59 Å². The first kappa shape index (κ1) is 18.5. The van der Waals surface area contributed by atoms with Crippen LogP contribution >= 0.6 is 11.8 Å². The van der Waals surface area contributed by atoms with Crippen molar-refractivity contribution in [1.29, 1.82) is 0 Å². The van der Waals surface area contributed by atoms with Crippen LogP contribution in [-0.4, -0.2) is 35.8 Å². The molecule has 22 heavy (non-hydrogen) atoms. The van der Waals surface area contributed by atoms with Gasteiger partial charge in [-0.25, -0.2) is 0 Å². The number of para-hydroxylation sites is 1. The van der Waals surface area contributed by atoms with Crippen molar-refractivity contribution < 1.29 is 14.7 Å². The SMILES string of the molecule is CC[C@H](C)[C@H](NCCC(=O)Nc1ccccc1SC)C(=O)O. The predicted molar refractivity (Wildman–Crippen MR) is 90.4 cm³/mol. The molecule has 122 valence electrons. The Morgan fingerprint density at radius 3 is 2.59 bits per heavy atom. The first-order valence-corrected chi connectivity index (χ1v) is 8.61. The Morgan fingerprint density at radius 1 is 1.32 bits per heavy atom. The van der Waals surface area contributed by atoms with Crippen molar-refractivity contribution in [3.05, 3.63) is 24.3 Å². The number of thioether (sulfide) groups is 1. The number of rotatable bonds is 9. The number of carbonyl (C=O) groups excluding carboxylic acids is 1. The standard InChI is InChI=1S/C16H24N2O3S/c1-4-11(2)15(16(20)21)17-10-9-14(19)18-12-7-5-6-8-13(12)22-3/h5-8,11,15,17H,4,9-10H2,1-3H3,(H,18,19)(H,20,21)/t11-,15-/m0/s1. The highest BCUT2D eigenvalue weighted by atomic mass is 32.2. The summed E-state index contributed by atoms with van der Waals surface area (Å²) in [7, 11) is 0. The summed E-state index contributed by atoms with van der Waals surface area (Å²) in [5.41, 5.74) is 0.789. The topological polar surface area (TPSA) is 78.4 Å². The van der Waals surface area contributed by atoms with E-state index in [9.17, 15) is 14.7 Å². The number of hydrogen-bond donors (Lipinski definition) is 3. The van der Waals surface area contributed by atoms with Crippen LogP contribution in [0.2, 0.25) is 0 Å². The first-order valence-electron chi connectivity index (χ1n) is 7.38. The lowest BCUT2D eigenvalue weighted by Gasteiger charge is -2.20. The Balaban J connectivity index is 2.47. The van der Waals surface area contributed by atoms with Gasteiger partial charge >= 0.3 is 5.97 Å². The smallest absolute Gasteiger partial charge is 0.320 e. The second-order valence-electron chi connectivity index (χ2n) is 5.15. The molecule has 0 bridgehead atoms. The normalized spacial score (nSPS) is 13.4. The highest BCUT2D eigenvalue weighted by molar-refractivity contribution is 7.98. The van der Waals surface area contributed by atoms with Crippen molar-refractivity contribution in [2.24, 2.45) is 5.92 Å². The monoisotopic (exact) mass is 324 g/mol. The second-order valence-corrected chi connectivity index (χ2v) is 6.00. The van der Waals surface area contributed by atoms with E-state index in [1.807, 2.05) is 44.4 Å². The van der Waals surface area contributed by atoms with Crippen LogP contribution < -0.4 is 10.6 Å².